The van der Waals surface area contributed by atoms with Crippen LogP contribution in [0, 0.1) is 5.92 Å². The summed E-state index contributed by atoms with van der Waals surface area (Å²) in [5.41, 5.74) is -0.716. The molecule has 1 fully saturated rings. The van der Waals surface area contributed by atoms with E-state index in [1.165, 1.54) is 7.11 Å². The highest BCUT2D eigenvalue weighted by Crippen LogP contribution is 2.38. The maximum absolute atomic E-state index is 12.4. The molecule has 0 saturated heterocycles. The monoisotopic (exact) mass is 242 g/mol. The summed E-state index contributed by atoms with van der Waals surface area (Å²) in [7, 11) is 2.88. The van der Waals surface area contributed by atoms with E-state index >= 15 is 0 Å². The Kier molecular flexibility index (Phi) is 5.12. The molecule has 0 spiro atoms. The third kappa shape index (κ3) is 2.86. The number of unbranched alkanes of at least 4 members (excludes halogenated alkanes) is 1. The summed E-state index contributed by atoms with van der Waals surface area (Å²) >= 11 is 0. The third-order valence-electron chi connectivity index (χ3n) is 3.65. The summed E-state index contributed by atoms with van der Waals surface area (Å²) in [4.78, 5) is 24.0. The van der Waals surface area contributed by atoms with Crippen molar-refractivity contribution in [3.05, 3.63) is 0 Å². The fraction of sp³-hybridized carbons (Fsp3) is 0.846. The number of carbonyl (C=O) groups is 2. The van der Waals surface area contributed by atoms with Gasteiger partial charge in [0.2, 0.25) is 0 Å². The van der Waals surface area contributed by atoms with Crippen LogP contribution in [-0.4, -0.2) is 31.6 Å². The molecule has 0 N–H and O–H groups in total. The van der Waals surface area contributed by atoms with E-state index in [0.29, 0.717) is 6.42 Å². The lowest BCUT2D eigenvalue weighted by Crippen LogP contribution is -2.51. The number of ketones is 1. The van der Waals surface area contributed by atoms with E-state index < -0.39 is 17.5 Å². The second kappa shape index (κ2) is 6.15. The molecule has 4 nitrogen and oxygen atoms in total. The Morgan fingerprint density at radius 3 is 2.29 bits per heavy atom. The first-order valence-corrected chi connectivity index (χ1v) is 6.28. The maximum Gasteiger partial charge on any atom is 0.316 e. The topological polar surface area (TPSA) is 52.6 Å². The molecule has 1 aliphatic carbocycles. The summed E-state index contributed by atoms with van der Waals surface area (Å²) in [5, 5.41) is 0. The fourth-order valence-electron chi connectivity index (χ4n) is 2.27. The van der Waals surface area contributed by atoms with Crippen LogP contribution in [0.15, 0.2) is 0 Å². The molecule has 98 valence electrons. The zero-order valence-corrected chi connectivity index (χ0v) is 11.0. The molecule has 0 amide bonds. The van der Waals surface area contributed by atoms with Crippen LogP contribution < -0.4 is 0 Å². The zero-order chi connectivity index (χ0) is 12.9. The van der Waals surface area contributed by atoms with Crippen LogP contribution in [0.1, 0.15) is 45.4 Å². The van der Waals surface area contributed by atoms with Crippen LogP contribution in [0.3, 0.4) is 0 Å². The second-order valence-electron chi connectivity index (χ2n) is 4.63. The minimum Gasteiger partial charge on any atom is -0.468 e. The first-order valence-electron chi connectivity index (χ1n) is 6.28. The number of rotatable bonds is 7. The van der Waals surface area contributed by atoms with Crippen molar-refractivity contribution in [3.8, 4) is 0 Å². The minimum atomic E-state index is -0.716. The Labute approximate surface area is 103 Å². The molecule has 1 saturated carbocycles. The van der Waals surface area contributed by atoms with Gasteiger partial charge in [0.1, 0.15) is 11.5 Å². The standard InChI is InChI=1S/C13H22O4/c1-4-5-7-10(12(15)16-2)11(14)13(17-3)8-6-9-13/h10H,4-9H2,1-3H3. The predicted molar refractivity (Wildman–Crippen MR) is 63.6 cm³/mol. The summed E-state index contributed by atoms with van der Waals surface area (Å²) in [6.07, 6.45) is 4.81. The molecule has 1 atom stereocenters. The smallest absolute Gasteiger partial charge is 0.316 e. The Balaban J connectivity index is 2.74. The van der Waals surface area contributed by atoms with Gasteiger partial charge in [0, 0.05) is 7.11 Å². The molecular formula is C13H22O4. The van der Waals surface area contributed by atoms with Crippen molar-refractivity contribution in [3.63, 3.8) is 0 Å². The van der Waals surface area contributed by atoms with Gasteiger partial charge < -0.3 is 9.47 Å². The molecule has 0 aromatic rings. The predicted octanol–water partition coefficient (Wildman–Crippen LogP) is 2.10. The van der Waals surface area contributed by atoms with E-state index in [0.717, 1.165) is 32.1 Å². The van der Waals surface area contributed by atoms with Crippen LogP contribution in [-0.2, 0) is 19.1 Å². The second-order valence-corrected chi connectivity index (χ2v) is 4.63. The Bertz CT molecular complexity index is 276. The van der Waals surface area contributed by atoms with E-state index in [2.05, 4.69) is 0 Å². The maximum atomic E-state index is 12.4. The highest BCUT2D eigenvalue weighted by atomic mass is 16.5. The molecule has 1 aliphatic rings. The third-order valence-corrected chi connectivity index (χ3v) is 3.65. The normalized spacial score (nSPS) is 19.2. The van der Waals surface area contributed by atoms with Crippen LogP contribution in [0.5, 0.6) is 0 Å². The molecule has 0 bridgehead atoms. The van der Waals surface area contributed by atoms with Gasteiger partial charge in [0.25, 0.3) is 0 Å². The molecule has 0 aromatic heterocycles. The number of Topliss-reactive ketones (excluding diaryl/α,β-unsaturated/α-hetero) is 1. The number of methoxy groups -OCH3 is 2. The van der Waals surface area contributed by atoms with Crippen LogP contribution >= 0.6 is 0 Å². The Morgan fingerprint density at radius 1 is 1.29 bits per heavy atom. The Hall–Kier alpha value is -0.900. The van der Waals surface area contributed by atoms with E-state index in [4.69, 9.17) is 9.47 Å². The first kappa shape index (κ1) is 14.2. The lowest BCUT2D eigenvalue weighted by atomic mass is 9.72. The average molecular weight is 242 g/mol. The van der Waals surface area contributed by atoms with Gasteiger partial charge in [-0.2, -0.15) is 0 Å². The molecule has 17 heavy (non-hydrogen) atoms. The van der Waals surface area contributed by atoms with Crippen molar-refractivity contribution in [2.45, 2.75) is 51.0 Å². The van der Waals surface area contributed by atoms with Crippen molar-refractivity contribution in [2.24, 2.45) is 5.92 Å². The van der Waals surface area contributed by atoms with Crippen LogP contribution in [0.25, 0.3) is 0 Å². The van der Waals surface area contributed by atoms with Crippen molar-refractivity contribution in [2.75, 3.05) is 14.2 Å². The molecule has 4 heteroatoms. The van der Waals surface area contributed by atoms with Gasteiger partial charge in [-0.05, 0) is 25.7 Å². The van der Waals surface area contributed by atoms with E-state index in [-0.39, 0.29) is 5.78 Å². The summed E-state index contributed by atoms with van der Waals surface area (Å²) in [6.45, 7) is 2.04. The lowest BCUT2D eigenvalue weighted by molar-refractivity contribution is -0.165. The molecule has 1 rings (SSSR count). The number of ether oxygens (including phenoxy) is 2. The van der Waals surface area contributed by atoms with Crippen molar-refractivity contribution >= 4 is 11.8 Å². The minimum absolute atomic E-state index is 0.0912. The highest BCUT2D eigenvalue weighted by molar-refractivity contribution is 6.03. The average Bonchev–Trinajstić information content (AvgIpc) is 2.28. The number of hydrogen-bond donors (Lipinski definition) is 0. The van der Waals surface area contributed by atoms with Crippen LogP contribution in [0.2, 0.25) is 0 Å². The fourth-order valence-corrected chi connectivity index (χ4v) is 2.27. The lowest BCUT2D eigenvalue weighted by Gasteiger charge is -2.40. The van der Waals surface area contributed by atoms with Gasteiger partial charge in [-0.1, -0.05) is 19.8 Å². The van der Waals surface area contributed by atoms with E-state index in [9.17, 15) is 9.59 Å². The summed E-state index contributed by atoms with van der Waals surface area (Å²) < 4.78 is 10.1. The van der Waals surface area contributed by atoms with Crippen LogP contribution in [0.4, 0.5) is 0 Å². The number of carbonyl (C=O) groups excluding carboxylic acids is 2. The zero-order valence-electron chi connectivity index (χ0n) is 11.0. The molecule has 0 heterocycles. The summed E-state index contributed by atoms with van der Waals surface area (Å²) in [5.74, 6) is -1.17. The van der Waals surface area contributed by atoms with Gasteiger partial charge in [-0.3, -0.25) is 9.59 Å². The molecule has 0 aliphatic heterocycles. The SMILES string of the molecule is CCCCC(C(=O)OC)C(=O)C1(OC)CCC1. The van der Waals surface area contributed by atoms with Gasteiger partial charge in [-0.15, -0.1) is 0 Å². The van der Waals surface area contributed by atoms with Crippen molar-refractivity contribution in [1.82, 2.24) is 0 Å². The van der Waals surface area contributed by atoms with Gasteiger partial charge >= 0.3 is 5.97 Å². The highest BCUT2D eigenvalue weighted by Gasteiger charge is 2.48. The largest absolute Gasteiger partial charge is 0.468 e. The van der Waals surface area contributed by atoms with Gasteiger partial charge in [0.05, 0.1) is 7.11 Å². The quantitative estimate of drug-likeness (QED) is 0.507. The Morgan fingerprint density at radius 2 is 1.94 bits per heavy atom. The molecular weight excluding hydrogens is 220 g/mol. The summed E-state index contributed by atoms with van der Waals surface area (Å²) in [6, 6.07) is 0. The molecule has 0 aromatic carbocycles. The van der Waals surface area contributed by atoms with Crippen molar-refractivity contribution < 1.29 is 19.1 Å². The molecule has 1 unspecified atom stereocenters. The first-order chi connectivity index (χ1) is 8.11. The molecule has 0 radical (unpaired) electrons. The number of hydrogen-bond acceptors (Lipinski definition) is 4. The van der Waals surface area contributed by atoms with Gasteiger partial charge in [-0.25, -0.2) is 0 Å². The number of esters is 1. The van der Waals surface area contributed by atoms with Crippen molar-refractivity contribution in [1.29, 1.82) is 0 Å². The van der Waals surface area contributed by atoms with E-state index in [1.54, 1.807) is 7.11 Å². The van der Waals surface area contributed by atoms with E-state index in [1.807, 2.05) is 6.92 Å². The van der Waals surface area contributed by atoms with Gasteiger partial charge in [0.15, 0.2) is 5.78 Å².